The van der Waals surface area contributed by atoms with Crippen molar-refractivity contribution in [3.63, 3.8) is 0 Å². The summed E-state index contributed by atoms with van der Waals surface area (Å²) in [4.78, 5) is 21.9. The summed E-state index contributed by atoms with van der Waals surface area (Å²) in [5.74, 6) is -1.23. The maximum absolute atomic E-state index is 12.0. The van der Waals surface area contributed by atoms with E-state index in [-0.39, 0.29) is 18.0 Å². The van der Waals surface area contributed by atoms with E-state index in [0.29, 0.717) is 10.8 Å². The fourth-order valence-electron chi connectivity index (χ4n) is 4.29. The molecule has 0 aliphatic heterocycles. The molecule has 3 N–H and O–H groups in total. The minimum atomic E-state index is -1.23. The Balaban J connectivity index is 1.53. The highest BCUT2D eigenvalue weighted by atomic mass is 32.1. The lowest BCUT2D eigenvalue weighted by atomic mass is 9.77. The number of oxime groups is 1. The van der Waals surface area contributed by atoms with Crippen LogP contribution in [0.15, 0.2) is 108 Å². The van der Waals surface area contributed by atoms with Crippen LogP contribution in [0.25, 0.3) is 0 Å². The van der Waals surface area contributed by atoms with E-state index < -0.39 is 11.5 Å². The minimum Gasteiger partial charge on any atom is -0.476 e. The van der Waals surface area contributed by atoms with E-state index in [9.17, 15) is 9.90 Å². The highest BCUT2D eigenvalue weighted by molar-refractivity contribution is 7.14. The maximum Gasteiger partial charge on any atom is 0.360 e. The summed E-state index contributed by atoms with van der Waals surface area (Å²) in [6.45, 7) is 1.90. The van der Waals surface area contributed by atoms with Crippen LogP contribution in [-0.2, 0) is 21.8 Å². The maximum atomic E-state index is 12.0. The number of carbonyl (C=O) groups is 1. The van der Waals surface area contributed by atoms with Crippen molar-refractivity contribution in [1.82, 2.24) is 15.2 Å². The average Bonchev–Trinajstić information content (AvgIpc) is 3.59. The molecule has 9 heteroatoms. The predicted molar refractivity (Wildman–Crippen MR) is 147 cm³/mol. The van der Waals surface area contributed by atoms with Gasteiger partial charge in [0.1, 0.15) is 11.2 Å². The van der Waals surface area contributed by atoms with Gasteiger partial charge in [0.15, 0.2) is 11.7 Å². The molecule has 0 spiro atoms. The molecule has 0 atom stereocenters. The second-order valence-corrected chi connectivity index (χ2v) is 9.42. The lowest BCUT2D eigenvalue weighted by Gasteiger charge is -2.36. The fraction of sp³-hybridized carbons (Fsp3) is 0.103. The molecule has 5 aromatic rings. The van der Waals surface area contributed by atoms with Gasteiger partial charge in [-0.05, 0) is 29.7 Å². The Morgan fingerprint density at radius 2 is 1.53 bits per heavy atom. The molecule has 0 saturated carbocycles. The molecular formula is C29H25N5O3S. The molecule has 0 aliphatic rings. The van der Waals surface area contributed by atoms with Gasteiger partial charge >= 0.3 is 5.97 Å². The van der Waals surface area contributed by atoms with E-state index in [1.807, 2.05) is 61.5 Å². The van der Waals surface area contributed by atoms with Gasteiger partial charge in [-0.3, -0.25) is 5.10 Å². The third kappa shape index (κ3) is 5.18. The molecule has 0 bridgehead atoms. The van der Waals surface area contributed by atoms with Crippen molar-refractivity contribution in [2.24, 2.45) is 5.16 Å². The number of anilines is 1. The summed E-state index contributed by atoms with van der Waals surface area (Å²) in [6, 6.07) is 32.1. The van der Waals surface area contributed by atoms with Crippen LogP contribution in [0.3, 0.4) is 0 Å². The summed E-state index contributed by atoms with van der Waals surface area (Å²) >= 11 is 1.30. The van der Waals surface area contributed by atoms with E-state index >= 15 is 0 Å². The van der Waals surface area contributed by atoms with E-state index in [4.69, 9.17) is 4.84 Å². The fourth-order valence-corrected chi connectivity index (χ4v) is 5.04. The van der Waals surface area contributed by atoms with E-state index in [1.54, 1.807) is 11.4 Å². The summed E-state index contributed by atoms with van der Waals surface area (Å²) in [7, 11) is 0. The molecule has 0 amide bonds. The number of hydrogen-bond acceptors (Lipinski definition) is 7. The van der Waals surface area contributed by atoms with Gasteiger partial charge in [0, 0.05) is 5.38 Å². The largest absolute Gasteiger partial charge is 0.476 e. The number of nitrogens with zero attached hydrogens (tertiary/aromatic N) is 3. The molecule has 190 valence electrons. The van der Waals surface area contributed by atoms with Crippen molar-refractivity contribution in [2.45, 2.75) is 19.1 Å². The molecule has 0 fully saturated rings. The molecule has 0 saturated heterocycles. The van der Waals surface area contributed by atoms with Crippen LogP contribution in [0.5, 0.6) is 0 Å². The van der Waals surface area contributed by atoms with Gasteiger partial charge in [-0.1, -0.05) is 96.2 Å². The van der Waals surface area contributed by atoms with E-state index in [1.165, 1.54) is 11.3 Å². The lowest BCUT2D eigenvalue weighted by molar-refractivity contribution is -0.129. The topological polar surface area (TPSA) is 112 Å². The number of aliphatic carboxylic acids is 1. The number of aromatic nitrogens is 3. The first-order valence-electron chi connectivity index (χ1n) is 11.9. The van der Waals surface area contributed by atoms with E-state index in [0.717, 1.165) is 22.4 Å². The monoisotopic (exact) mass is 523 g/mol. The number of hydrogen-bond donors (Lipinski definition) is 3. The molecule has 5 rings (SSSR count). The molecule has 0 radical (unpaired) electrons. The zero-order valence-corrected chi connectivity index (χ0v) is 21.4. The molecule has 2 aromatic heterocycles. The normalized spacial score (nSPS) is 11.8. The van der Waals surface area contributed by atoms with Gasteiger partial charge < -0.3 is 15.3 Å². The Labute approximate surface area is 223 Å². The molecular weight excluding hydrogens is 498 g/mol. The zero-order chi connectivity index (χ0) is 26.4. The number of aromatic amines is 1. The number of rotatable bonds is 10. The van der Waals surface area contributed by atoms with Crippen molar-refractivity contribution in [3.8, 4) is 0 Å². The second kappa shape index (κ2) is 11.1. The van der Waals surface area contributed by atoms with Gasteiger partial charge in [-0.2, -0.15) is 5.10 Å². The third-order valence-corrected chi connectivity index (χ3v) is 6.76. The number of carboxylic acids is 1. The van der Waals surface area contributed by atoms with Crippen molar-refractivity contribution in [3.05, 3.63) is 136 Å². The quantitative estimate of drug-likeness (QED) is 0.125. The number of nitrogens with one attached hydrogen (secondary N) is 2. The number of H-pyrrole nitrogens is 1. The standard InChI is InChI=1S/C29H25N5O3S/c1-20-17-24(33-32-20)18-37-34-26(27(35)36)25-19-38-28(30-25)31-29(21-11-5-2-6-12-21,22-13-7-3-8-14-22)23-15-9-4-10-16-23/h2-17,19H,18H2,1H3,(H,30,31)(H,32,33)(H,35,36). The molecule has 0 aliphatic carbocycles. The molecule has 2 heterocycles. The smallest absolute Gasteiger partial charge is 0.360 e. The summed E-state index contributed by atoms with van der Waals surface area (Å²) in [5, 5.41) is 26.4. The van der Waals surface area contributed by atoms with Gasteiger partial charge in [0.05, 0.1) is 11.4 Å². The van der Waals surface area contributed by atoms with Crippen molar-refractivity contribution in [2.75, 3.05) is 5.32 Å². The van der Waals surface area contributed by atoms with Crippen LogP contribution >= 0.6 is 11.3 Å². The van der Waals surface area contributed by atoms with Crippen LogP contribution in [0.2, 0.25) is 0 Å². The first-order chi connectivity index (χ1) is 18.6. The second-order valence-electron chi connectivity index (χ2n) is 8.56. The Kier molecular flexibility index (Phi) is 7.28. The SMILES string of the molecule is Cc1cc(CON=C(C(=O)O)c2csc(NC(c3ccccc3)(c3ccccc3)c3ccccc3)n2)[nH]n1. The van der Waals surface area contributed by atoms with Crippen molar-refractivity contribution in [1.29, 1.82) is 0 Å². The van der Waals surface area contributed by atoms with Gasteiger partial charge in [0.25, 0.3) is 0 Å². The zero-order valence-electron chi connectivity index (χ0n) is 20.5. The molecule has 38 heavy (non-hydrogen) atoms. The summed E-state index contributed by atoms with van der Waals surface area (Å²) in [6.07, 6.45) is 0. The number of aryl methyl sites for hydroxylation is 1. The lowest BCUT2D eigenvalue weighted by Crippen LogP contribution is -2.38. The predicted octanol–water partition coefficient (Wildman–Crippen LogP) is 5.58. The summed E-state index contributed by atoms with van der Waals surface area (Å²) in [5.41, 5.74) is 3.67. The number of benzene rings is 3. The van der Waals surface area contributed by atoms with Crippen LogP contribution in [-0.4, -0.2) is 32.0 Å². The average molecular weight is 524 g/mol. The first kappa shape index (κ1) is 24.9. The molecule has 0 unspecified atom stereocenters. The Bertz CT molecular complexity index is 1440. The van der Waals surface area contributed by atoms with Crippen LogP contribution in [0.4, 0.5) is 5.13 Å². The van der Waals surface area contributed by atoms with Gasteiger partial charge in [-0.25, -0.2) is 9.78 Å². The van der Waals surface area contributed by atoms with Gasteiger partial charge in [0.2, 0.25) is 5.71 Å². The Hall–Kier alpha value is -4.76. The molecule has 8 nitrogen and oxygen atoms in total. The number of carboxylic acid groups (broad SMARTS) is 1. The van der Waals surface area contributed by atoms with Crippen LogP contribution in [0.1, 0.15) is 33.8 Å². The summed E-state index contributed by atoms with van der Waals surface area (Å²) < 4.78 is 0. The van der Waals surface area contributed by atoms with Crippen molar-refractivity contribution >= 4 is 28.1 Å². The van der Waals surface area contributed by atoms with Gasteiger partial charge in [-0.15, -0.1) is 11.3 Å². The molecule has 3 aromatic carbocycles. The minimum absolute atomic E-state index is 0.0615. The van der Waals surface area contributed by atoms with E-state index in [2.05, 4.69) is 62.1 Å². The van der Waals surface area contributed by atoms with Crippen LogP contribution in [0, 0.1) is 6.92 Å². The number of thiazole rings is 1. The highest BCUT2D eigenvalue weighted by Gasteiger charge is 2.37. The van der Waals surface area contributed by atoms with Crippen molar-refractivity contribution < 1.29 is 14.7 Å². The Morgan fingerprint density at radius 3 is 2.00 bits per heavy atom. The third-order valence-electron chi connectivity index (χ3n) is 6.00. The van der Waals surface area contributed by atoms with Crippen LogP contribution < -0.4 is 5.32 Å². The first-order valence-corrected chi connectivity index (χ1v) is 12.8. The Morgan fingerprint density at radius 1 is 0.974 bits per heavy atom. The highest BCUT2D eigenvalue weighted by Crippen LogP contribution is 2.40.